The fourth-order valence-corrected chi connectivity index (χ4v) is 3.85. The van der Waals surface area contributed by atoms with Crippen LogP contribution in [0.4, 0.5) is 4.39 Å². The van der Waals surface area contributed by atoms with Crippen molar-refractivity contribution in [3.8, 4) is 0 Å². The van der Waals surface area contributed by atoms with Gasteiger partial charge in [0.25, 0.3) is 0 Å². The predicted molar refractivity (Wildman–Crippen MR) is 112 cm³/mol. The van der Waals surface area contributed by atoms with Crippen molar-refractivity contribution in [2.24, 2.45) is 5.73 Å². The number of benzene rings is 1. The minimum Gasteiger partial charge on any atom is -0.415 e. The monoisotopic (exact) mass is 446 g/mol. The second-order valence-electron chi connectivity index (χ2n) is 8.47. The molecule has 2 N–H and O–H groups in total. The number of carbonyl (C=O) groups is 1. The predicted octanol–water partition coefficient (Wildman–Crippen LogP) is 4.36. The largest absolute Gasteiger partial charge is 0.415 e. The molecule has 0 spiro atoms. The van der Waals surface area contributed by atoms with Crippen LogP contribution in [0, 0.1) is 5.82 Å². The molecule has 1 saturated heterocycles. The number of hydrogen-bond donors (Lipinski definition) is 1. The van der Waals surface area contributed by atoms with Gasteiger partial charge in [-0.05, 0) is 55.2 Å². The summed E-state index contributed by atoms with van der Waals surface area (Å²) in [5.41, 5.74) is 6.73. The third-order valence-corrected chi connectivity index (χ3v) is 10.1. The number of halogens is 2. The van der Waals surface area contributed by atoms with E-state index in [0.717, 1.165) is 12.8 Å². The van der Waals surface area contributed by atoms with Crippen LogP contribution < -0.4 is 5.73 Å². The van der Waals surface area contributed by atoms with Gasteiger partial charge in [0.1, 0.15) is 5.82 Å². The standard InChI is InChI=1S/C19H31FN2O2Si.BrH/c1-19(2,3)25(4,5)24-13-16-10-11-18(21)22(16)12-17(23)14-6-8-15(20)9-7-14;/h6-9,16,18H,10-13,21H2,1-5H3;1H. The maximum absolute atomic E-state index is 13.0. The van der Waals surface area contributed by atoms with Crippen LogP contribution >= 0.6 is 17.0 Å². The van der Waals surface area contributed by atoms with Crippen molar-refractivity contribution >= 4 is 31.1 Å². The summed E-state index contributed by atoms with van der Waals surface area (Å²) >= 11 is 0. The Bertz CT molecular complexity index is 605. The molecule has 0 aromatic heterocycles. The first-order valence-corrected chi connectivity index (χ1v) is 11.9. The number of nitrogens with zero attached hydrogens (tertiary/aromatic N) is 1. The molecule has 1 aromatic rings. The summed E-state index contributed by atoms with van der Waals surface area (Å²) in [4.78, 5) is 14.6. The molecule has 7 heteroatoms. The number of Topliss-reactive ketones (excluding diaryl/α,β-unsaturated/α-hetero) is 1. The molecule has 2 atom stereocenters. The number of nitrogens with two attached hydrogens (primary N) is 1. The van der Waals surface area contributed by atoms with E-state index in [-0.39, 0.29) is 52.4 Å². The van der Waals surface area contributed by atoms with E-state index < -0.39 is 8.32 Å². The van der Waals surface area contributed by atoms with Crippen molar-refractivity contribution in [2.45, 2.75) is 64.0 Å². The van der Waals surface area contributed by atoms with E-state index in [4.69, 9.17) is 10.2 Å². The summed E-state index contributed by atoms with van der Waals surface area (Å²) in [6.07, 6.45) is 1.67. The molecule has 26 heavy (non-hydrogen) atoms. The maximum atomic E-state index is 13.0. The number of carbonyl (C=O) groups excluding carboxylic acids is 1. The second-order valence-corrected chi connectivity index (χ2v) is 13.3. The van der Waals surface area contributed by atoms with Crippen molar-refractivity contribution in [1.29, 1.82) is 0 Å². The zero-order chi connectivity index (χ0) is 18.8. The lowest BCUT2D eigenvalue weighted by atomic mass is 10.1. The molecule has 2 rings (SSSR count). The molecule has 148 valence electrons. The summed E-state index contributed by atoms with van der Waals surface area (Å²) in [7, 11) is -1.83. The third kappa shape index (κ3) is 5.69. The van der Waals surface area contributed by atoms with Gasteiger partial charge in [-0.15, -0.1) is 17.0 Å². The van der Waals surface area contributed by atoms with Crippen LogP contribution in [0.1, 0.15) is 44.0 Å². The summed E-state index contributed by atoms with van der Waals surface area (Å²) in [6, 6.07) is 5.85. The van der Waals surface area contributed by atoms with Gasteiger partial charge >= 0.3 is 0 Å². The third-order valence-electron chi connectivity index (χ3n) is 5.63. The van der Waals surface area contributed by atoms with E-state index in [1.807, 2.05) is 4.90 Å². The quantitative estimate of drug-likeness (QED) is 0.520. The van der Waals surface area contributed by atoms with Gasteiger partial charge in [-0.3, -0.25) is 9.69 Å². The number of rotatable bonds is 6. The van der Waals surface area contributed by atoms with Crippen molar-refractivity contribution in [1.82, 2.24) is 4.90 Å². The summed E-state index contributed by atoms with van der Waals surface area (Å²) in [5.74, 6) is -0.371. The van der Waals surface area contributed by atoms with Crippen molar-refractivity contribution in [3.63, 3.8) is 0 Å². The summed E-state index contributed by atoms with van der Waals surface area (Å²) in [5, 5.41) is 0.155. The van der Waals surface area contributed by atoms with E-state index in [0.29, 0.717) is 12.2 Å². The highest BCUT2D eigenvalue weighted by molar-refractivity contribution is 8.93. The Hall–Kier alpha value is -0.603. The topological polar surface area (TPSA) is 55.6 Å². The van der Waals surface area contributed by atoms with Crippen molar-refractivity contribution < 1.29 is 13.6 Å². The Morgan fingerprint density at radius 2 is 1.85 bits per heavy atom. The van der Waals surface area contributed by atoms with Crippen LogP contribution in [0.3, 0.4) is 0 Å². The Morgan fingerprint density at radius 1 is 1.27 bits per heavy atom. The zero-order valence-electron chi connectivity index (χ0n) is 16.4. The molecule has 0 saturated carbocycles. The maximum Gasteiger partial charge on any atom is 0.192 e. The van der Waals surface area contributed by atoms with Gasteiger partial charge in [-0.2, -0.15) is 0 Å². The Morgan fingerprint density at radius 3 is 2.38 bits per heavy atom. The number of hydrogen-bond acceptors (Lipinski definition) is 4. The van der Waals surface area contributed by atoms with Gasteiger partial charge in [0.15, 0.2) is 14.1 Å². The lowest BCUT2D eigenvalue weighted by molar-refractivity contribution is 0.0836. The zero-order valence-corrected chi connectivity index (χ0v) is 19.1. The SMILES string of the molecule is Br.CC(C)(C)[Si](C)(C)OCC1CCC(N)N1CC(=O)c1ccc(F)cc1. The lowest BCUT2D eigenvalue weighted by Gasteiger charge is -2.38. The molecule has 2 unspecified atom stereocenters. The molecule has 0 amide bonds. The van der Waals surface area contributed by atoms with Gasteiger partial charge in [0.2, 0.25) is 0 Å². The minimum atomic E-state index is -1.83. The molecular formula is C19H32BrFN2O2Si. The molecule has 1 fully saturated rings. The number of ketones is 1. The first kappa shape index (κ1) is 23.4. The van der Waals surface area contributed by atoms with Crippen LogP contribution in [0.15, 0.2) is 24.3 Å². The van der Waals surface area contributed by atoms with Crippen LogP contribution in [0.25, 0.3) is 0 Å². The molecule has 1 aliphatic heterocycles. The molecule has 0 radical (unpaired) electrons. The smallest absolute Gasteiger partial charge is 0.192 e. The summed E-state index contributed by atoms with van der Waals surface area (Å²) in [6.45, 7) is 12.0. The average molecular weight is 447 g/mol. The summed E-state index contributed by atoms with van der Waals surface area (Å²) < 4.78 is 19.4. The lowest BCUT2D eigenvalue weighted by Crippen LogP contribution is -2.49. The second kappa shape index (κ2) is 9.06. The normalized spacial score (nSPS) is 21.5. The van der Waals surface area contributed by atoms with E-state index in [1.165, 1.54) is 24.3 Å². The molecule has 1 aliphatic rings. The van der Waals surface area contributed by atoms with Crippen molar-refractivity contribution in [3.05, 3.63) is 35.6 Å². The van der Waals surface area contributed by atoms with Crippen LogP contribution in [0.2, 0.25) is 18.1 Å². The number of likely N-dealkylation sites (tertiary alicyclic amines) is 1. The Balaban J connectivity index is 0.00000338. The first-order chi connectivity index (χ1) is 11.5. The van der Waals surface area contributed by atoms with Gasteiger partial charge < -0.3 is 10.2 Å². The highest BCUT2D eigenvalue weighted by atomic mass is 79.9. The first-order valence-electron chi connectivity index (χ1n) is 8.95. The Kier molecular flexibility index (Phi) is 8.17. The molecule has 0 aliphatic carbocycles. The van der Waals surface area contributed by atoms with Gasteiger partial charge in [-0.1, -0.05) is 20.8 Å². The van der Waals surface area contributed by atoms with Gasteiger partial charge in [0.05, 0.1) is 12.7 Å². The van der Waals surface area contributed by atoms with Gasteiger partial charge in [-0.25, -0.2) is 4.39 Å². The fraction of sp³-hybridized carbons (Fsp3) is 0.632. The average Bonchev–Trinajstić information content (AvgIpc) is 2.85. The van der Waals surface area contributed by atoms with E-state index in [2.05, 4.69) is 33.9 Å². The van der Waals surface area contributed by atoms with Crippen molar-refractivity contribution in [2.75, 3.05) is 13.2 Å². The van der Waals surface area contributed by atoms with E-state index in [1.54, 1.807) is 0 Å². The molecule has 4 nitrogen and oxygen atoms in total. The molecular weight excluding hydrogens is 415 g/mol. The molecule has 1 aromatic carbocycles. The van der Waals surface area contributed by atoms with Crippen LogP contribution in [-0.4, -0.2) is 44.4 Å². The highest BCUT2D eigenvalue weighted by Gasteiger charge is 2.39. The fourth-order valence-electron chi connectivity index (χ4n) is 2.80. The molecule has 1 heterocycles. The van der Waals surface area contributed by atoms with Gasteiger partial charge in [0, 0.05) is 18.2 Å². The molecule has 0 bridgehead atoms. The minimum absolute atomic E-state index is 0. The Labute approximate surface area is 168 Å². The van der Waals surface area contributed by atoms with E-state index >= 15 is 0 Å². The van der Waals surface area contributed by atoms with E-state index in [9.17, 15) is 9.18 Å². The van der Waals surface area contributed by atoms with Crippen LogP contribution in [0.5, 0.6) is 0 Å². The highest BCUT2D eigenvalue weighted by Crippen LogP contribution is 2.37. The van der Waals surface area contributed by atoms with Crippen LogP contribution in [-0.2, 0) is 4.43 Å².